The van der Waals surface area contributed by atoms with Gasteiger partial charge in [0.05, 0.1) is 0 Å². The van der Waals surface area contributed by atoms with Crippen LogP contribution >= 0.6 is 11.3 Å². The third-order valence-corrected chi connectivity index (χ3v) is 3.52. The Morgan fingerprint density at radius 3 is 2.79 bits per heavy atom. The molecule has 0 aliphatic heterocycles. The molecular formula is C13H16N4OS. The van der Waals surface area contributed by atoms with Crippen molar-refractivity contribution in [1.29, 1.82) is 0 Å². The van der Waals surface area contributed by atoms with Crippen LogP contribution in [0.5, 0.6) is 0 Å². The summed E-state index contributed by atoms with van der Waals surface area (Å²) in [7, 11) is 1.76. The molecule has 0 saturated heterocycles. The van der Waals surface area contributed by atoms with Crippen LogP contribution in [0.25, 0.3) is 0 Å². The normalized spacial score (nSPS) is 11.9. The van der Waals surface area contributed by atoms with E-state index in [1.165, 1.54) is 4.88 Å². The van der Waals surface area contributed by atoms with Crippen LogP contribution in [0.2, 0.25) is 0 Å². The van der Waals surface area contributed by atoms with Gasteiger partial charge in [-0.1, -0.05) is 6.07 Å². The number of aromatic nitrogens is 2. The first-order valence-electron chi connectivity index (χ1n) is 6.04. The molecule has 2 heterocycles. The zero-order valence-electron chi connectivity index (χ0n) is 10.9. The summed E-state index contributed by atoms with van der Waals surface area (Å²) < 4.78 is 0. The van der Waals surface area contributed by atoms with E-state index >= 15 is 0 Å². The lowest BCUT2D eigenvalue weighted by Gasteiger charge is -2.12. The second kappa shape index (κ2) is 6.29. The highest BCUT2D eigenvalue weighted by Gasteiger charge is 2.12. The Hall–Kier alpha value is -1.95. The molecule has 1 unspecified atom stereocenters. The first kappa shape index (κ1) is 13.5. The quantitative estimate of drug-likeness (QED) is 0.876. The van der Waals surface area contributed by atoms with Crippen molar-refractivity contribution < 1.29 is 4.79 Å². The van der Waals surface area contributed by atoms with Gasteiger partial charge >= 0.3 is 0 Å². The Labute approximate surface area is 116 Å². The number of anilines is 1. The third-order valence-electron chi connectivity index (χ3n) is 2.62. The Kier molecular flexibility index (Phi) is 4.46. The maximum atomic E-state index is 12.0. The van der Waals surface area contributed by atoms with Gasteiger partial charge in [-0.25, -0.2) is 0 Å². The number of hydrogen-bond donors (Lipinski definition) is 2. The zero-order valence-corrected chi connectivity index (χ0v) is 11.7. The van der Waals surface area contributed by atoms with E-state index < -0.39 is 0 Å². The van der Waals surface area contributed by atoms with Crippen LogP contribution in [0.15, 0.2) is 29.6 Å². The lowest BCUT2D eigenvalue weighted by Crippen LogP contribution is -2.34. The molecule has 0 saturated carbocycles. The fourth-order valence-corrected chi connectivity index (χ4v) is 2.50. The molecule has 0 spiro atoms. The summed E-state index contributed by atoms with van der Waals surface area (Å²) >= 11 is 1.69. The molecular weight excluding hydrogens is 260 g/mol. The highest BCUT2D eigenvalue weighted by atomic mass is 32.1. The van der Waals surface area contributed by atoms with Crippen molar-refractivity contribution in [3.63, 3.8) is 0 Å². The molecule has 100 valence electrons. The predicted molar refractivity (Wildman–Crippen MR) is 76.5 cm³/mol. The van der Waals surface area contributed by atoms with Crippen molar-refractivity contribution in [2.24, 2.45) is 0 Å². The summed E-state index contributed by atoms with van der Waals surface area (Å²) in [5, 5.41) is 15.6. The Morgan fingerprint density at radius 2 is 2.21 bits per heavy atom. The molecule has 0 radical (unpaired) electrons. The predicted octanol–water partition coefficient (Wildman–Crippen LogP) is 1.94. The Balaban J connectivity index is 1.92. The molecule has 1 atom stereocenters. The molecule has 2 rings (SSSR count). The molecule has 0 aliphatic carbocycles. The highest BCUT2D eigenvalue weighted by Crippen LogP contribution is 2.11. The lowest BCUT2D eigenvalue weighted by atomic mass is 10.2. The first-order chi connectivity index (χ1) is 9.19. The maximum Gasteiger partial charge on any atom is 0.272 e. The second-order valence-electron chi connectivity index (χ2n) is 4.21. The molecule has 2 aromatic rings. The van der Waals surface area contributed by atoms with Gasteiger partial charge in [-0.3, -0.25) is 4.79 Å². The van der Waals surface area contributed by atoms with E-state index in [2.05, 4.69) is 26.9 Å². The Morgan fingerprint density at radius 1 is 1.37 bits per heavy atom. The van der Waals surface area contributed by atoms with Crippen molar-refractivity contribution in [2.75, 3.05) is 12.4 Å². The summed E-state index contributed by atoms with van der Waals surface area (Å²) in [6.45, 7) is 1.98. The summed E-state index contributed by atoms with van der Waals surface area (Å²) in [6, 6.07) is 7.53. The molecule has 19 heavy (non-hydrogen) atoms. The van der Waals surface area contributed by atoms with E-state index in [0.29, 0.717) is 11.5 Å². The molecule has 0 aromatic carbocycles. The smallest absolute Gasteiger partial charge is 0.272 e. The third kappa shape index (κ3) is 3.75. The molecule has 5 nitrogen and oxygen atoms in total. The Bertz CT molecular complexity index is 524. The molecule has 0 bridgehead atoms. The van der Waals surface area contributed by atoms with Gasteiger partial charge in [0, 0.05) is 24.4 Å². The van der Waals surface area contributed by atoms with E-state index in [-0.39, 0.29) is 11.9 Å². The average Bonchev–Trinajstić information content (AvgIpc) is 2.91. The van der Waals surface area contributed by atoms with Gasteiger partial charge in [0.25, 0.3) is 5.91 Å². The molecule has 0 fully saturated rings. The molecule has 2 N–H and O–H groups in total. The van der Waals surface area contributed by atoms with Crippen LogP contribution in [0.1, 0.15) is 22.3 Å². The van der Waals surface area contributed by atoms with E-state index in [9.17, 15) is 4.79 Å². The fraction of sp³-hybridized carbons (Fsp3) is 0.308. The minimum absolute atomic E-state index is 0.0666. The van der Waals surface area contributed by atoms with Crippen LogP contribution < -0.4 is 10.6 Å². The molecule has 1 amide bonds. The summed E-state index contributed by atoms with van der Waals surface area (Å²) in [5.41, 5.74) is 0.331. The summed E-state index contributed by atoms with van der Waals surface area (Å²) in [5.74, 6) is 0.447. The minimum atomic E-state index is -0.195. The average molecular weight is 276 g/mol. The van der Waals surface area contributed by atoms with E-state index in [0.717, 1.165) is 6.42 Å². The number of thiophene rings is 1. The highest BCUT2D eigenvalue weighted by molar-refractivity contribution is 7.09. The summed E-state index contributed by atoms with van der Waals surface area (Å²) in [6.07, 6.45) is 0.825. The van der Waals surface area contributed by atoms with Crippen LogP contribution in [-0.2, 0) is 6.42 Å². The second-order valence-corrected chi connectivity index (χ2v) is 5.24. The van der Waals surface area contributed by atoms with Crippen LogP contribution in [-0.4, -0.2) is 29.2 Å². The molecule has 6 heteroatoms. The number of rotatable bonds is 5. The monoisotopic (exact) mass is 276 g/mol. The van der Waals surface area contributed by atoms with Crippen molar-refractivity contribution in [2.45, 2.75) is 19.4 Å². The van der Waals surface area contributed by atoms with Gasteiger partial charge in [-0.05, 0) is 30.5 Å². The van der Waals surface area contributed by atoms with Crippen molar-refractivity contribution in [1.82, 2.24) is 15.5 Å². The number of hydrogen-bond acceptors (Lipinski definition) is 5. The number of carbonyl (C=O) groups excluding carboxylic acids is 1. The number of carbonyl (C=O) groups is 1. The fourth-order valence-electron chi connectivity index (χ4n) is 1.67. The lowest BCUT2D eigenvalue weighted by molar-refractivity contribution is 0.0934. The number of amides is 1. The minimum Gasteiger partial charge on any atom is -0.372 e. The van der Waals surface area contributed by atoms with E-state index in [1.807, 2.05) is 18.4 Å². The van der Waals surface area contributed by atoms with Crippen molar-refractivity contribution >= 4 is 23.1 Å². The zero-order chi connectivity index (χ0) is 13.7. The van der Waals surface area contributed by atoms with Gasteiger partial charge in [0.15, 0.2) is 5.69 Å². The SMILES string of the molecule is CNc1ccc(C(=O)NC(C)Cc2cccs2)nn1. The number of nitrogens with zero attached hydrogens (tertiary/aromatic N) is 2. The number of nitrogens with one attached hydrogen (secondary N) is 2. The van der Waals surface area contributed by atoms with Crippen LogP contribution in [0, 0.1) is 0 Å². The standard InChI is InChI=1S/C13H16N4OS/c1-9(8-10-4-3-7-19-10)15-13(18)11-5-6-12(14-2)17-16-11/h3-7,9H,8H2,1-2H3,(H,14,17)(H,15,18). The van der Waals surface area contributed by atoms with Crippen LogP contribution in [0.3, 0.4) is 0 Å². The van der Waals surface area contributed by atoms with Crippen molar-refractivity contribution in [3.05, 3.63) is 40.2 Å². The van der Waals surface area contributed by atoms with E-state index in [4.69, 9.17) is 0 Å². The topological polar surface area (TPSA) is 66.9 Å². The first-order valence-corrected chi connectivity index (χ1v) is 6.91. The van der Waals surface area contributed by atoms with Gasteiger partial charge in [0.2, 0.25) is 0 Å². The van der Waals surface area contributed by atoms with Gasteiger partial charge in [-0.15, -0.1) is 21.5 Å². The van der Waals surface area contributed by atoms with Crippen molar-refractivity contribution in [3.8, 4) is 0 Å². The van der Waals surface area contributed by atoms with Gasteiger partial charge in [0.1, 0.15) is 5.82 Å². The molecule has 2 aromatic heterocycles. The molecule has 0 aliphatic rings. The maximum absolute atomic E-state index is 12.0. The summed E-state index contributed by atoms with van der Waals surface area (Å²) in [4.78, 5) is 13.2. The largest absolute Gasteiger partial charge is 0.372 e. The van der Waals surface area contributed by atoms with Gasteiger partial charge in [-0.2, -0.15) is 0 Å². The van der Waals surface area contributed by atoms with E-state index in [1.54, 1.807) is 30.5 Å². The van der Waals surface area contributed by atoms with Gasteiger partial charge < -0.3 is 10.6 Å². The van der Waals surface area contributed by atoms with Crippen LogP contribution in [0.4, 0.5) is 5.82 Å².